The molecular formula is C15H20N2O2. The first-order valence-electron chi connectivity index (χ1n) is 6.51. The van der Waals surface area contributed by atoms with Crippen LogP contribution in [0.3, 0.4) is 0 Å². The molecule has 2 aromatic rings. The summed E-state index contributed by atoms with van der Waals surface area (Å²) in [6, 6.07) is 7.60. The van der Waals surface area contributed by atoms with Crippen LogP contribution in [-0.2, 0) is 6.54 Å². The number of rotatable bonds is 5. The molecule has 0 aliphatic heterocycles. The van der Waals surface area contributed by atoms with Gasteiger partial charge < -0.3 is 14.4 Å². The summed E-state index contributed by atoms with van der Waals surface area (Å²) in [4.78, 5) is 4.24. The zero-order valence-corrected chi connectivity index (χ0v) is 11.6. The van der Waals surface area contributed by atoms with Crippen LogP contribution >= 0.6 is 0 Å². The Balaban J connectivity index is 2.20. The van der Waals surface area contributed by atoms with Gasteiger partial charge in [0, 0.05) is 11.3 Å². The second-order valence-electron chi connectivity index (χ2n) is 4.55. The van der Waals surface area contributed by atoms with E-state index in [9.17, 15) is 5.11 Å². The van der Waals surface area contributed by atoms with Crippen molar-refractivity contribution < 1.29 is 9.84 Å². The second kappa shape index (κ2) is 5.89. The molecule has 1 heterocycles. The van der Waals surface area contributed by atoms with E-state index in [2.05, 4.69) is 4.98 Å². The predicted octanol–water partition coefficient (Wildman–Crippen LogP) is 2.63. The van der Waals surface area contributed by atoms with Gasteiger partial charge in [-0.25, -0.2) is 4.98 Å². The molecule has 1 N–H and O–H groups in total. The zero-order valence-electron chi connectivity index (χ0n) is 11.6. The van der Waals surface area contributed by atoms with Crippen molar-refractivity contribution in [3.63, 3.8) is 0 Å². The maximum absolute atomic E-state index is 10.4. The third-order valence-corrected chi connectivity index (χ3v) is 3.29. The Morgan fingerprint density at radius 3 is 2.68 bits per heavy atom. The number of hydrogen-bond donors (Lipinski definition) is 1. The highest BCUT2D eigenvalue weighted by atomic mass is 16.5. The van der Waals surface area contributed by atoms with Gasteiger partial charge in [0.15, 0.2) is 0 Å². The fraction of sp³-hybridized carbons (Fsp3) is 0.400. The van der Waals surface area contributed by atoms with Crippen LogP contribution in [0.5, 0.6) is 5.75 Å². The number of aromatic nitrogens is 2. The molecule has 1 aromatic heterocycles. The summed E-state index contributed by atoms with van der Waals surface area (Å²) < 4.78 is 7.51. The van der Waals surface area contributed by atoms with Crippen LogP contribution in [0.4, 0.5) is 0 Å². The van der Waals surface area contributed by atoms with Crippen molar-refractivity contribution in [2.24, 2.45) is 0 Å². The van der Waals surface area contributed by atoms with E-state index in [0.29, 0.717) is 13.2 Å². The highest BCUT2D eigenvalue weighted by molar-refractivity contribution is 5.35. The highest BCUT2D eigenvalue weighted by Gasteiger charge is 2.15. The molecule has 4 nitrogen and oxygen atoms in total. The Morgan fingerprint density at radius 2 is 2.05 bits per heavy atom. The Kier molecular flexibility index (Phi) is 4.22. The van der Waals surface area contributed by atoms with Crippen LogP contribution in [0, 0.1) is 13.8 Å². The minimum absolute atomic E-state index is 0.483. The Bertz CT molecular complexity index is 549. The van der Waals surface area contributed by atoms with E-state index in [4.69, 9.17) is 4.74 Å². The summed E-state index contributed by atoms with van der Waals surface area (Å²) in [5, 5.41) is 10.4. The van der Waals surface area contributed by atoms with Gasteiger partial charge in [-0.15, -0.1) is 0 Å². The van der Waals surface area contributed by atoms with Crippen molar-refractivity contribution >= 4 is 0 Å². The van der Waals surface area contributed by atoms with Crippen LogP contribution < -0.4 is 4.74 Å². The maximum atomic E-state index is 10.4. The number of aryl methyl sites for hydroxylation is 1. The summed E-state index contributed by atoms with van der Waals surface area (Å²) in [7, 11) is 0. The first kappa shape index (κ1) is 13.6. The highest BCUT2D eigenvalue weighted by Crippen LogP contribution is 2.26. The van der Waals surface area contributed by atoms with Gasteiger partial charge in [0.1, 0.15) is 11.9 Å². The smallest absolute Gasteiger partial charge is 0.125 e. The van der Waals surface area contributed by atoms with Gasteiger partial charge in [-0.05, 0) is 26.8 Å². The molecule has 2 rings (SSSR count). The largest absolute Gasteiger partial charge is 0.493 e. The molecule has 19 heavy (non-hydrogen) atoms. The standard InChI is InChI=1S/C15H20N2O2/c1-4-19-15-8-6-5-7-13(15)14(18)9-17-10-16-11(2)12(17)3/h5-8,10,14,18H,4,9H2,1-3H3. The molecule has 0 spiro atoms. The summed E-state index contributed by atoms with van der Waals surface area (Å²) in [6.07, 6.45) is 1.16. The molecule has 102 valence electrons. The van der Waals surface area contributed by atoms with Gasteiger partial charge in [0.2, 0.25) is 0 Å². The van der Waals surface area contributed by atoms with Gasteiger partial charge in [0.25, 0.3) is 0 Å². The molecule has 4 heteroatoms. The van der Waals surface area contributed by atoms with Crippen molar-refractivity contribution in [3.8, 4) is 5.75 Å². The summed E-state index contributed by atoms with van der Waals surface area (Å²) >= 11 is 0. The number of nitrogens with zero attached hydrogens (tertiary/aromatic N) is 2. The lowest BCUT2D eigenvalue weighted by Gasteiger charge is -2.16. The molecule has 1 aromatic carbocycles. The number of ether oxygens (including phenoxy) is 1. The van der Waals surface area contributed by atoms with E-state index in [0.717, 1.165) is 22.7 Å². The third kappa shape index (κ3) is 2.96. The Labute approximate surface area is 113 Å². The van der Waals surface area contributed by atoms with E-state index < -0.39 is 6.10 Å². The van der Waals surface area contributed by atoms with Crippen molar-refractivity contribution in [1.82, 2.24) is 9.55 Å². The minimum atomic E-state index is -0.602. The van der Waals surface area contributed by atoms with Crippen LogP contribution in [0.15, 0.2) is 30.6 Å². The van der Waals surface area contributed by atoms with Crippen LogP contribution in [0.1, 0.15) is 30.0 Å². The third-order valence-electron chi connectivity index (χ3n) is 3.29. The maximum Gasteiger partial charge on any atom is 0.125 e. The fourth-order valence-electron chi connectivity index (χ4n) is 2.06. The Morgan fingerprint density at radius 1 is 1.32 bits per heavy atom. The lowest BCUT2D eigenvalue weighted by atomic mass is 10.1. The topological polar surface area (TPSA) is 47.3 Å². The average Bonchev–Trinajstić information content (AvgIpc) is 2.72. The van der Waals surface area contributed by atoms with Crippen LogP contribution in [0.2, 0.25) is 0 Å². The Hall–Kier alpha value is -1.81. The molecule has 0 radical (unpaired) electrons. The van der Waals surface area contributed by atoms with E-state index >= 15 is 0 Å². The number of aliphatic hydroxyl groups excluding tert-OH is 1. The van der Waals surface area contributed by atoms with Crippen molar-refractivity contribution in [1.29, 1.82) is 0 Å². The number of para-hydroxylation sites is 1. The molecule has 0 aliphatic carbocycles. The van der Waals surface area contributed by atoms with Crippen LogP contribution in [-0.4, -0.2) is 21.3 Å². The van der Waals surface area contributed by atoms with Gasteiger partial charge in [-0.1, -0.05) is 18.2 Å². The molecular weight excluding hydrogens is 240 g/mol. The molecule has 1 unspecified atom stereocenters. The van der Waals surface area contributed by atoms with Crippen molar-refractivity contribution in [3.05, 3.63) is 47.5 Å². The molecule has 0 saturated carbocycles. The lowest BCUT2D eigenvalue weighted by molar-refractivity contribution is 0.150. The first-order valence-corrected chi connectivity index (χ1v) is 6.51. The number of aliphatic hydroxyl groups is 1. The van der Waals surface area contributed by atoms with E-state index in [1.54, 1.807) is 6.33 Å². The molecule has 0 aliphatic rings. The lowest BCUT2D eigenvalue weighted by Crippen LogP contribution is -2.11. The summed E-state index contributed by atoms with van der Waals surface area (Å²) in [5.41, 5.74) is 2.88. The van der Waals surface area contributed by atoms with Crippen molar-refractivity contribution in [2.75, 3.05) is 6.61 Å². The second-order valence-corrected chi connectivity index (χ2v) is 4.55. The quantitative estimate of drug-likeness (QED) is 0.899. The molecule has 0 fully saturated rings. The van der Waals surface area contributed by atoms with Crippen LogP contribution in [0.25, 0.3) is 0 Å². The number of imidazole rings is 1. The van der Waals surface area contributed by atoms with Gasteiger partial charge in [-0.2, -0.15) is 0 Å². The summed E-state index contributed by atoms with van der Waals surface area (Å²) in [5.74, 6) is 0.743. The molecule has 1 atom stereocenters. The van der Waals surface area contributed by atoms with Gasteiger partial charge >= 0.3 is 0 Å². The number of benzene rings is 1. The SMILES string of the molecule is CCOc1ccccc1C(O)Cn1cnc(C)c1C. The minimum Gasteiger partial charge on any atom is -0.493 e. The normalized spacial score (nSPS) is 12.4. The van der Waals surface area contributed by atoms with Crippen molar-refractivity contribution in [2.45, 2.75) is 33.4 Å². The zero-order chi connectivity index (χ0) is 13.8. The molecule has 0 amide bonds. The predicted molar refractivity (Wildman–Crippen MR) is 74.3 cm³/mol. The molecule has 0 bridgehead atoms. The average molecular weight is 260 g/mol. The fourth-order valence-corrected chi connectivity index (χ4v) is 2.06. The molecule has 0 saturated heterocycles. The van der Waals surface area contributed by atoms with Gasteiger partial charge in [0.05, 0.1) is 25.2 Å². The number of hydrogen-bond acceptors (Lipinski definition) is 3. The van der Waals surface area contributed by atoms with E-state index in [1.165, 1.54) is 0 Å². The summed E-state index contributed by atoms with van der Waals surface area (Å²) in [6.45, 7) is 6.98. The monoisotopic (exact) mass is 260 g/mol. The van der Waals surface area contributed by atoms with E-state index in [-0.39, 0.29) is 0 Å². The van der Waals surface area contributed by atoms with E-state index in [1.807, 2.05) is 49.6 Å². The van der Waals surface area contributed by atoms with Gasteiger partial charge in [-0.3, -0.25) is 0 Å². The first-order chi connectivity index (χ1) is 9.13.